The number of nitrogens with zero attached hydrogens (tertiary/aromatic N) is 2. The van der Waals surface area contributed by atoms with E-state index in [0.717, 1.165) is 25.1 Å². The zero-order valence-corrected chi connectivity index (χ0v) is 18.5. The first-order chi connectivity index (χ1) is 15.3. The van der Waals surface area contributed by atoms with Gasteiger partial charge in [0.15, 0.2) is 18.0 Å². The van der Waals surface area contributed by atoms with Gasteiger partial charge < -0.3 is 14.8 Å². The van der Waals surface area contributed by atoms with Crippen molar-refractivity contribution in [3.63, 3.8) is 0 Å². The summed E-state index contributed by atoms with van der Waals surface area (Å²) in [6.07, 6.45) is -0.980. The van der Waals surface area contributed by atoms with Crippen LogP contribution in [-0.2, 0) is 15.2 Å². The van der Waals surface area contributed by atoms with Crippen LogP contribution in [0.3, 0.4) is 0 Å². The average molecular weight is 474 g/mol. The second-order valence-corrected chi connectivity index (χ2v) is 9.47. The fourth-order valence-electron chi connectivity index (χ4n) is 3.76. The van der Waals surface area contributed by atoms with E-state index in [9.17, 15) is 22.4 Å². The quantitative estimate of drug-likeness (QED) is 0.563. The number of halogens is 4. The van der Waals surface area contributed by atoms with Gasteiger partial charge in [-0.2, -0.15) is 13.2 Å². The number of carbonyl (C=O) groups is 1. The number of alkyl halides is 4. The van der Waals surface area contributed by atoms with E-state index in [1.165, 1.54) is 0 Å². The van der Waals surface area contributed by atoms with Gasteiger partial charge in [0, 0.05) is 12.3 Å². The van der Waals surface area contributed by atoms with Crippen molar-refractivity contribution in [2.75, 3.05) is 19.8 Å². The van der Waals surface area contributed by atoms with Gasteiger partial charge in [0.1, 0.15) is 17.3 Å². The molecule has 3 aliphatic rings. The monoisotopic (exact) mass is 474 g/mol. The van der Waals surface area contributed by atoms with Crippen LogP contribution < -0.4 is 15.5 Å². The third-order valence-electron chi connectivity index (χ3n) is 5.72. The van der Waals surface area contributed by atoms with Crippen molar-refractivity contribution in [1.29, 1.82) is 0 Å². The summed E-state index contributed by atoms with van der Waals surface area (Å²) >= 11 is 0. The van der Waals surface area contributed by atoms with E-state index in [-0.39, 0.29) is 24.5 Å². The first kappa shape index (κ1) is 23.7. The fraction of sp³-hybridized carbons (Fsp3) is 0.667. The van der Waals surface area contributed by atoms with Crippen LogP contribution in [0.5, 0.6) is 5.75 Å². The van der Waals surface area contributed by atoms with Gasteiger partial charge in [0.25, 0.3) is 5.91 Å². The molecular formula is C21H26F4N4O4. The maximum absolute atomic E-state index is 14.9. The summed E-state index contributed by atoms with van der Waals surface area (Å²) in [6, 6.07) is 1.03. The zero-order chi connectivity index (χ0) is 24.1. The van der Waals surface area contributed by atoms with Crippen molar-refractivity contribution >= 4 is 11.7 Å². The van der Waals surface area contributed by atoms with Crippen LogP contribution in [0.4, 0.5) is 17.6 Å². The minimum absolute atomic E-state index is 0.188. The van der Waals surface area contributed by atoms with Gasteiger partial charge in [-0.3, -0.25) is 9.78 Å². The summed E-state index contributed by atoms with van der Waals surface area (Å²) in [6.45, 7) is 3.01. The average Bonchev–Trinajstić information content (AvgIpc) is 3.42. The SMILES string of the molecule is CC1(C)N=C(C(C)(CC2CC2)NC(=O)c2cc(OCC(F)(F)F)c(C3(F)COC3)cn2)NO1. The molecule has 1 amide bonds. The first-order valence-electron chi connectivity index (χ1n) is 10.6. The van der Waals surface area contributed by atoms with Gasteiger partial charge in [-0.1, -0.05) is 12.8 Å². The van der Waals surface area contributed by atoms with Crippen molar-refractivity contribution in [1.82, 2.24) is 15.8 Å². The van der Waals surface area contributed by atoms with Gasteiger partial charge in [-0.05, 0) is 33.1 Å². The lowest BCUT2D eigenvalue weighted by atomic mass is 9.92. The van der Waals surface area contributed by atoms with Crippen LogP contribution >= 0.6 is 0 Å². The summed E-state index contributed by atoms with van der Waals surface area (Å²) < 4.78 is 62.8. The molecule has 2 fully saturated rings. The Morgan fingerprint density at radius 2 is 2.03 bits per heavy atom. The highest BCUT2D eigenvalue weighted by atomic mass is 19.4. The lowest BCUT2D eigenvalue weighted by Gasteiger charge is -2.35. The van der Waals surface area contributed by atoms with Crippen LogP contribution in [0, 0.1) is 5.92 Å². The molecule has 1 saturated carbocycles. The van der Waals surface area contributed by atoms with E-state index in [0.29, 0.717) is 18.2 Å². The summed E-state index contributed by atoms with van der Waals surface area (Å²) in [5.41, 5.74) is -1.39. The number of carbonyl (C=O) groups excluding carboxylic acids is 1. The molecule has 2 aliphatic heterocycles. The fourth-order valence-corrected chi connectivity index (χ4v) is 3.76. The van der Waals surface area contributed by atoms with Crippen molar-refractivity contribution in [2.45, 2.75) is 63.1 Å². The number of amides is 1. The highest BCUT2D eigenvalue weighted by molar-refractivity contribution is 6.00. The number of hydrogen-bond acceptors (Lipinski definition) is 7. The minimum Gasteiger partial charge on any atom is -0.484 e. The molecule has 0 aromatic carbocycles. The number of aliphatic imine (C=N–C) groups is 1. The maximum atomic E-state index is 14.9. The molecule has 0 radical (unpaired) electrons. The highest BCUT2D eigenvalue weighted by Crippen LogP contribution is 2.40. The molecule has 33 heavy (non-hydrogen) atoms. The minimum atomic E-state index is -4.63. The Labute approximate surface area is 188 Å². The molecule has 1 unspecified atom stereocenters. The maximum Gasteiger partial charge on any atom is 0.422 e. The molecule has 1 aliphatic carbocycles. The molecule has 1 aromatic heterocycles. The third-order valence-corrected chi connectivity index (χ3v) is 5.72. The van der Waals surface area contributed by atoms with Gasteiger partial charge >= 0.3 is 6.18 Å². The highest BCUT2D eigenvalue weighted by Gasteiger charge is 2.45. The summed E-state index contributed by atoms with van der Waals surface area (Å²) in [7, 11) is 0. The Morgan fingerprint density at radius 1 is 1.33 bits per heavy atom. The smallest absolute Gasteiger partial charge is 0.422 e. The topological polar surface area (TPSA) is 94.1 Å². The molecule has 3 heterocycles. The molecule has 2 N–H and O–H groups in total. The van der Waals surface area contributed by atoms with Crippen molar-refractivity contribution in [3.8, 4) is 5.75 Å². The molecule has 0 spiro atoms. The second kappa shape index (κ2) is 8.08. The lowest BCUT2D eigenvalue weighted by Crippen LogP contribution is -2.56. The largest absolute Gasteiger partial charge is 0.484 e. The normalized spacial score (nSPS) is 23.1. The molecule has 1 aromatic rings. The van der Waals surface area contributed by atoms with Crippen molar-refractivity contribution in [3.05, 3.63) is 23.5 Å². The van der Waals surface area contributed by atoms with Gasteiger partial charge in [0.05, 0.1) is 24.3 Å². The number of hydrogen-bond donors (Lipinski definition) is 2. The third kappa shape index (κ3) is 5.37. The Balaban J connectivity index is 1.59. The summed E-state index contributed by atoms with van der Waals surface area (Å²) in [5.74, 6) is -0.224. The zero-order valence-electron chi connectivity index (χ0n) is 18.5. The molecule has 4 rings (SSSR count). The van der Waals surface area contributed by atoms with E-state index < -0.39 is 41.4 Å². The number of rotatable bonds is 8. The molecule has 1 atom stereocenters. The summed E-state index contributed by atoms with van der Waals surface area (Å²) in [5, 5.41) is 2.88. The van der Waals surface area contributed by atoms with Crippen LogP contribution in [0.2, 0.25) is 0 Å². The van der Waals surface area contributed by atoms with E-state index in [1.54, 1.807) is 20.8 Å². The summed E-state index contributed by atoms with van der Waals surface area (Å²) in [4.78, 5) is 27.0. The number of ether oxygens (including phenoxy) is 2. The Kier molecular flexibility index (Phi) is 5.80. The molecule has 0 bridgehead atoms. The van der Waals surface area contributed by atoms with Gasteiger partial charge in [0.2, 0.25) is 0 Å². The number of hydroxylamine groups is 1. The number of amidine groups is 1. The lowest BCUT2D eigenvalue weighted by molar-refractivity contribution is -0.156. The van der Waals surface area contributed by atoms with Crippen molar-refractivity contribution < 1.29 is 36.7 Å². The van der Waals surface area contributed by atoms with E-state index >= 15 is 0 Å². The molecule has 8 nitrogen and oxygen atoms in total. The number of nitrogens with one attached hydrogen (secondary N) is 2. The Bertz CT molecular complexity index is 960. The van der Waals surface area contributed by atoms with Crippen LogP contribution in [-0.4, -0.2) is 54.0 Å². The van der Waals surface area contributed by atoms with Crippen LogP contribution in [0.15, 0.2) is 17.3 Å². The Hall–Kier alpha value is -2.47. The van der Waals surface area contributed by atoms with Gasteiger partial charge in [-0.25, -0.2) is 19.7 Å². The van der Waals surface area contributed by atoms with Crippen molar-refractivity contribution in [2.24, 2.45) is 10.9 Å². The number of pyridine rings is 1. The van der Waals surface area contributed by atoms with Crippen LogP contribution in [0.1, 0.15) is 56.1 Å². The van der Waals surface area contributed by atoms with Crippen LogP contribution in [0.25, 0.3) is 0 Å². The standard InChI is InChI=1S/C21H26F4N4O4/c1-18(2)28-17(29-33-18)19(3,7-12-4-5-12)27-16(30)14-6-15(32-11-21(23,24)25)13(8-26-14)20(22)9-31-10-20/h6,8,12H,4-5,7,9-11H2,1-3H3,(H,27,30)(H,28,29). The second-order valence-electron chi connectivity index (χ2n) is 9.47. The first-order valence-corrected chi connectivity index (χ1v) is 10.6. The molecule has 1 saturated heterocycles. The van der Waals surface area contributed by atoms with Gasteiger partial charge in [-0.15, -0.1) is 0 Å². The van der Waals surface area contributed by atoms with E-state index in [1.807, 2.05) is 0 Å². The molecular weight excluding hydrogens is 448 g/mol. The van der Waals surface area contributed by atoms with E-state index in [2.05, 4.69) is 20.8 Å². The number of aromatic nitrogens is 1. The molecule has 12 heteroatoms. The van der Waals surface area contributed by atoms with E-state index in [4.69, 9.17) is 14.3 Å². The molecule has 182 valence electrons. The predicted octanol–water partition coefficient (Wildman–Crippen LogP) is 3.18. The Morgan fingerprint density at radius 3 is 2.55 bits per heavy atom. The predicted molar refractivity (Wildman–Crippen MR) is 108 cm³/mol.